The Balaban J connectivity index is 1.45. The van der Waals surface area contributed by atoms with Crippen molar-refractivity contribution in [2.24, 2.45) is 5.92 Å². The Morgan fingerprint density at radius 1 is 1.36 bits per heavy atom. The average molecular weight is 454 g/mol. The van der Waals surface area contributed by atoms with Crippen molar-refractivity contribution in [1.82, 2.24) is 20.4 Å². The molecule has 1 aliphatic heterocycles. The number of nitrogens with zero attached hydrogens (tertiary/aromatic N) is 3. The van der Waals surface area contributed by atoms with Crippen molar-refractivity contribution in [2.45, 2.75) is 70.2 Å². The van der Waals surface area contributed by atoms with Crippen molar-refractivity contribution in [1.29, 1.82) is 5.26 Å². The van der Waals surface area contributed by atoms with Crippen molar-refractivity contribution in [3.8, 4) is 17.2 Å². The van der Waals surface area contributed by atoms with Crippen LogP contribution in [-0.2, 0) is 16.0 Å². The SMILES string of the molecule is CC(C)(C)OC(=O)N1[C@@H]2CC[C@@H](C2)[C@H]1C(=O)N[C@H](C#N)Cc1ccc(-c2cn[nH]c2)cc1F. The third-order valence-corrected chi connectivity index (χ3v) is 6.24. The number of piperidine rings is 1. The summed E-state index contributed by atoms with van der Waals surface area (Å²) >= 11 is 0. The Kier molecular flexibility index (Phi) is 6.11. The lowest BCUT2D eigenvalue weighted by Crippen LogP contribution is -2.55. The predicted molar refractivity (Wildman–Crippen MR) is 118 cm³/mol. The lowest BCUT2D eigenvalue weighted by atomic mass is 9.97. The summed E-state index contributed by atoms with van der Waals surface area (Å²) in [6.45, 7) is 5.35. The number of aromatic amines is 1. The van der Waals surface area contributed by atoms with Gasteiger partial charge >= 0.3 is 6.09 Å². The highest BCUT2D eigenvalue weighted by molar-refractivity contribution is 5.87. The molecule has 2 aliphatic rings. The summed E-state index contributed by atoms with van der Waals surface area (Å²) in [6, 6.07) is 5.16. The largest absolute Gasteiger partial charge is 0.444 e. The zero-order valence-corrected chi connectivity index (χ0v) is 19.0. The van der Waals surface area contributed by atoms with E-state index in [-0.39, 0.29) is 18.4 Å². The summed E-state index contributed by atoms with van der Waals surface area (Å²) in [5, 5.41) is 18.9. The molecule has 4 rings (SSSR count). The van der Waals surface area contributed by atoms with Gasteiger partial charge in [-0.3, -0.25) is 14.8 Å². The Morgan fingerprint density at radius 2 is 2.15 bits per heavy atom. The Labute approximate surface area is 192 Å². The van der Waals surface area contributed by atoms with Gasteiger partial charge in [-0.25, -0.2) is 9.18 Å². The van der Waals surface area contributed by atoms with E-state index >= 15 is 0 Å². The lowest BCUT2D eigenvalue weighted by Gasteiger charge is -2.35. The highest BCUT2D eigenvalue weighted by atomic mass is 19.1. The summed E-state index contributed by atoms with van der Waals surface area (Å²) in [5.41, 5.74) is 1.07. The predicted octanol–water partition coefficient (Wildman–Crippen LogP) is 3.55. The maximum Gasteiger partial charge on any atom is 0.411 e. The van der Waals surface area contributed by atoms with Crippen LogP contribution in [0, 0.1) is 23.1 Å². The summed E-state index contributed by atoms with van der Waals surface area (Å²) < 4.78 is 20.2. The Morgan fingerprint density at radius 3 is 2.79 bits per heavy atom. The lowest BCUT2D eigenvalue weighted by molar-refractivity contribution is -0.128. The molecule has 9 heteroatoms. The first-order chi connectivity index (χ1) is 15.7. The number of fused-ring (bicyclic) bond motifs is 2. The van der Waals surface area contributed by atoms with Gasteiger partial charge in [0, 0.05) is 24.2 Å². The first-order valence-corrected chi connectivity index (χ1v) is 11.1. The van der Waals surface area contributed by atoms with Gasteiger partial charge in [-0.15, -0.1) is 0 Å². The fourth-order valence-corrected chi connectivity index (χ4v) is 4.81. The van der Waals surface area contributed by atoms with E-state index in [1.807, 2.05) is 0 Å². The van der Waals surface area contributed by atoms with Gasteiger partial charge in [0.1, 0.15) is 23.5 Å². The van der Waals surface area contributed by atoms with E-state index in [1.54, 1.807) is 45.3 Å². The number of nitriles is 1. The van der Waals surface area contributed by atoms with E-state index in [0.29, 0.717) is 11.1 Å². The molecular formula is C24H28FN5O3. The molecule has 2 aromatic rings. The molecule has 0 radical (unpaired) electrons. The molecule has 33 heavy (non-hydrogen) atoms. The van der Waals surface area contributed by atoms with Crippen molar-refractivity contribution in [2.75, 3.05) is 0 Å². The number of carbonyl (C=O) groups excluding carboxylic acids is 2. The average Bonchev–Trinajstić information content (AvgIpc) is 3.50. The number of rotatable bonds is 5. The number of likely N-dealkylation sites (tertiary alicyclic amines) is 1. The molecule has 2 N–H and O–H groups in total. The number of halogens is 1. The first-order valence-electron chi connectivity index (χ1n) is 11.1. The number of benzene rings is 1. The van der Waals surface area contributed by atoms with Crippen LogP contribution in [0.3, 0.4) is 0 Å². The highest BCUT2D eigenvalue weighted by Gasteiger charge is 2.52. The minimum absolute atomic E-state index is 0.0208. The van der Waals surface area contributed by atoms with E-state index in [9.17, 15) is 19.2 Å². The van der Waals surface area contributed by atoms with Crippen LogP contribution in [0.25, 0.3) is 11.1 Å². The van der Waals surface area contributed by atoms with Crippen molar-refractivity contribution in [3.05, 3.63) is 42.0 Å². The normalized spacial score (nSPS) is 22.6. The molecule has 4 atom stereocenters. The Bertz CT molecular complexity index is 1070. The number of hydrogen-bond donors (Lipinski definition) is 2. The van der Waals surface area contributed by atoms with Crippen LogP contribution >= 0.6 is 0 Å². The molecule has 1 aliphatic carbocycles. The quantitative estimate of drug-likeness (QED) is 0.719. The summed E-state index contributed by atoms with van der Waals surface area (Å²) in [5.74, 6) is -0.818. The smallest absolute Gasteiger partial charge is 0.411 e. The molecule has 1 saturated carbocycles. The van der Waals surface area contributed by atoms with Crippen LogP contribution in [0.15, 0.2) is 30.6 Å². The van der Waals surface area contributed by atoms with E-state index in [2.05, 4.69) is 21.6 Å². The topological polar surface area (TPSA) is 111 Å². The van der Waals surface area contributed by atoms with Crippen LogP contribution in [0.4, 0.5) is 9.18 Å². The first kappa shape index (κ1) is 22.8. The molecule has 0 unspecified atom stereocenters. The minimum atomic E-state index is -0.925. The molecule has 8 nitrogen and oxygen atoms in total. The molecule has 174 valence electrons. The molecule has 0 spiro atoms. The second kappa shape index (κ2) is 8.85. The zero-order chi connectivity index (χ0) is 23.8. The van der Waals surface area contributed by atoms with E-state index in [0.717, 1.165) is 24.8 Å². The van der Waals surface area contributed by atoms with Gasteiger partial charge in [0.2, 0.25) is 5.91 Å². The number of carbonyl (C=O) groups is 2. The van der Waals surface area contributed by atoms with Gasteiger partial charge in [-0.1, -0.05) is 12.1 Å². The second-order valence-corrected chi connectivity index (χ2v) is 9.75. The number of hydrogen-bond acceptors (Lipinski definition) is 5. The van der Waals surface area contributed by atoms with E-state index < -0.39 is 35.5 Å². The third kappa shape index (κ3) is 4.85. The van der Waals surface area contributed by atoms with Crippen LogP contribution < -0.4 is 5.32 Å². The fraction of sp³-hybridized carbons (Fsp3) is 0.500. The van der Waals surface area contributed by atoms with Crippen LogP contribution in [0.1, 0.15) is 45.6 Å². The molecule has 2 bridgehead atoms. The number of aromatic nitrogens is 2. The van der Waals surface area contributed by atoms with E-state index in [4.69, 9.17) is 4.74 Å². The maximum absolute atomic E-state index is 14.7. The Hall–Kier alpha value is -3.41. The fourth-order valence-electron chi connectivity index (χ4n) is 4.81. The van der Waals surface area contributed by atoms with Gasteiger partial charge in [0.25, 0.3) is 0 Å². The van der Waals surface area contributed by atoms with Gasteiger partial charge in [-0.2, -0.15) is 10.4 Å². The van der Waals surface area contributed by atoms with Crippen molar-refractivity contribution >= 4 is 12.0 Å². The number of amides is 2. The second-order valence-electron chi connectivity index (χ2n) is 9.75. The minimum Gasteiger partial charge on any atom is -0.444 e. The molecular weight excluding hydrogens is 425 g/mol. The van der Waals surface area contributed by atoms with Gasteiger partial charge in [0.05, 0.1) is 12.3 Å². The molecule has 1 aromatic heterocycles. The number of nitrogens with one attached hydrogen (secondary N) is 2. The van der Waals surface area contributed by atoms with Crippen molar-refractivity contribution in [3.63, 3.8) is 0 Å². The summed E-state index contributed by atoms with van der Waals surface area (Å²) in [6.07, 6.45) is 5.21. The third-order valence-electron chi connectivity index (χ3n) is 6.24. The van der Waals surface area contributed by atoms with Crippen LogP contribution in [0.2, 0.25) is 0 Å². The standard InChI is InChI=1S/C24H28FN5O3/c1-24(2,3)33-23(32)30-19-7-6-16(9-19)21(30)22(31)29-18(11-26)8-15-5-4-14(10-20(15)25)17-12-27-28-13-17/h4-5,10,12-13,16,18-19,21H,6-9H2,1-3H3,(H,27,28)(H,29,31)/t16-,18-,19+,21-/m0/s1. The molecule has 1 saturated heterocycles. The van der Waals surface area contributed by atoms with Crippen molar-refractivity contribution < 1.29 is 18.7 Å². The zero-order valence-electron chi connectivity index (χ0n) is 19.0. The van der Waals surface area contributed by atoms with Crippen LogP contribution in [0.5, 0.6) is 0 Å². The molecule has 2 amide bonds. The highest BCUT2D eigenvalue weighted by Crippen LogP contribution is 2.43. The van der Waals surface area contributed by atoms with Gasteiger partial charge in [-0.05, 0) is 63.1 Å². The maximum atomic E-state index is 14.7. The van der Waals surface area contributed by atoms with Gasteiger partial charge in [0.15, 0.2) is 0 Å². The van der Waals surface area contributed by atoms with Crippen LogP contribution in [-0.4, -0.2) is 50.8 Å². The monoisotopic (exact) mass is 453 g/mol. The van der Waals surface area contributed by atoms with Gasteiger partial charge < -0.3 is 10.1 Å². The number of ether oxygens (including phenoxy) is 1. The summed E-state index contributed by atoms with van der Waals surface area (Å²) in [7, 11) is 0. The molecule has 1 aromatic carbocycles. The van der Waals surface area contributed by atoms with E-state index in [1.165, 1.54) is 11.0 Å². The summed E-state index contributed by atoms with van der Waals surface area (Å²) in [4.78, 5) is 27.5. The molecule has 2 heterocycles. The number of H-pyrrole nitrogens is 1. The molecule has 2 fully saturated rings.